The molecule has 0 amide bonds. The molecule has 1 fully saturated rings. The average Bonchev–Trinajstić information content (AvgIpc) is 2.46. The fraction of sp³-hybridized carbons (Fsp3) is 0.625. The van der Waals surface area contributed by atoms with Gasteiger partial charge in [-0.3, -0.25) is 0 Å². The molecule has 0 aromatic rings. The van der Waals surface area contributed by atoms with Gasteiger partial charge in [0, 0.05) is 13.2 Å². The molecule has 1 unspecified atom stereocenters. The molecule has 3 nitrogen and oxygen atoms in total. The van der Waals surface area contributed by atoms with E-state index in [1.54, 1.807) is 0 Å². The van der Waals surface area contributed by atoms with E-state index < -0.39 is 0 Å². The van der Waals surface area contributed by atoms with Crippen molar-refractivity contribution < 1.29 is 14.6 Å². The molecule has 1 heterocycles. The van der Waals surface area contributed by atoms with Gasteiger partial charge in [-0.15, -0.1) is 0 Å². The molecule has 0 saturated carbocycles. The molecule has 1 N–H and O–H groups in total. The summed E-state index contributed by atoms with van der Waals surface area (Å²) < 4.78 is 11.1. The molecule has 0 aromatic carbocycles. The summed E-state index contributed by atoms with van der Waals surface area (Å²) in [5.41, 5.74) is 0. The summed E-state index contributed by atoms with van der Waals surface area (Å²) in [5.74, 6) is 0. The summed E-state index contributed by atoms with van der Waals surface area (Å²) in [6.07, 6.45) is 18.5. The molecule has 108 valence electrons. The van der Waals surface area contributed by atoms with Crippen LogP contribution >= 0.6 is 0 Å². The highest BCUT2D eigenvalue weighted by Gasteiger charge is 2.12. The zero-order chi connectivity index (χ0) is 13.6. The standard InChI is InChI=1S/C16H26O3/c17-13-9-6-4-2-1-3-5-7-10-14-18-16-12-8-11-15-19-16/h1,3-4,6-7,10,16-17H,2,5,8-9,11-15H2. The Morgan fingerprint density at radius 1 is 1.00 bits per heavy atom. The minimum atomic E-state index is 0.00519. The quantitative estimate of drug-likeness (QED) is 0.650. The Kier molecular flexibility index (Phi) is 10.3. The highest BCUT2D eigenvalue weighted by Crippen LogP contribution is 2.13. The first-order valence-corrected chi connectivity index (χ1v) is 7.22. The molecule has 0 aliphatic carbocycles. The van der Waals surface area contributed by atoms with E-state index in [2.05, 4.69) is 24.3 Å². The molecule has 0 aromatic heterocycles. The molecule has 1 atom stereocenters. The maximum Gasteiger partial charge on any atom is 0.157 e. The predicted molar refractivity (Wildman–Crippen MR) is 77.9 cm³/mol. The van der Waals surface area contributed by atoms with Gasteiger partial charge in [-0.25, -0.2) is 0 Å². The Balaban J connectivity index is 1.93. The first kappa shape index (κ1) is 16.2. The minimum Gasteiger partial charge on any atom is -0.396 e. The van der Waals surface area contributed by atoms with Crippen molar-refractivity contribution in [3.8, 4) is 0 Å². The van der Waals surface area contributed by atoms with Gasteiger partial charge in [0.05, 0.1) is 6.61 Å². The van der Waals surface area contributed by atoms with Crippen LogP contribution in [0.5, 0.6) is 0 Å². The van der Waals surface area contributed by atoms with Crippen LogP contribution in [-0.2, 0) is 9.47 Å². The van der Waals surface area contributed by atoms with Crippen molar-refractivity contribution in [1.29, 1.82) is 0 Å². The molecule has 1 aliphatic heterocycles. The van der Waals surface area contributed by atoms with Gasteiger partial charge < -0.3 is 14.6 Å². The largest absolute Gasteiger partial charge is 0.396 e. The second-order valence-corrected chi connectivity index (χ2v) is 4.53. The topological polar surface area (TPSA) is 38.7 Å². The third-order valence-corrected chi connectivity index (χ3v) is 2.86. The normalized spacial score (nSPS) is 21.0. The number of rotatable bonds is 9. The number of aliphatic hydroxyl groups is 1. The Morgan fingerprint density at radius 3 is 2.42 bits per heavy atom. The number of aliphatic hydroxyl groups excluding tert-OH is 1. The lowest BCUT2D eigenvalue weighted by atomic mass is 10.2. The van der Waals surface area contributed by atoms with Crippen LogP contribution in [0, 0.1) is 0 Å². The third kappa shape index (κ3) is 9.65. The van der Waals surface area contributed by atoms with Crippen LogP contribution in [0.4, 0.5) is 0 Å². The summed E-state index contributed by atoms with van der Waals surface area (Å²) in [6.45, 7) is 1.70. The smallest absolute Gasteiger partial charge is 0.157 e. The Morgan fingerprint density at radius 2 is 1.74 bits per heavy atom. The lowest BCUT2D eigenvalue weighted by Gasteiger charge is -2.21. The van der Waals surface area contributed by atoms with Crippen LogP contribution < -0.4 is 0 Å². The van der Waals surface area contributed by atoms with Gasteiger partial charge in [0.15, 0.2) is 6.29 Å². The van der Waals surface area contributed by atoms with E-state index in [1.165, 1.54) is 6.42 Å². The monoisotopic (exact) mass is 266 g/mol. The second kappa shape index (κ2) is 12.2. The van der Waals surface area contributed by atoms with Crippen molar-refractivity contribution >= 4 is 0 Å². The van der Waals surface area contributed by atoms with Gasteiger partial charge in [0.25, 0.3) is 0 Å². The van der Waals surface area contributed by atoms with E-state index in [-0.39, 0.29) is 12.9 Å². The molecular weight excluding hydrogens is 240 g/mol. The lowest BCUT2D eigenvalue weighted by Crippen LogP contribution is -2.22. The van der Waals surface area contributed by atoms with Crippen LogP contribution in [0.2, 0.25) is 0 Å². The van der Waals surface area contributed by atoms with Crippen molar-refractivity contribution in [3.05, 3.63) is 36.5 Å². The molecule has 0 spiro atoms. The maximum absolute atomic E-state index is 8.58. The zero-order valence-corrected chi connectivity index (χ0v) is 11.7. The molecule has 3 heteroatoms. The molecule has 1 rings (SSSR count). The average molecular weight is 266 g/mol. The van der Waals surface area contributed by atoms with Gasteiger partial charge in [0.2, 0.25) is 0 Å². The first-order valence-electron chi connectivity index (χ1n) is 7.22. The highest BCUT2D eigenvalue weighted by molar-refractivity contribution is 4.97. The summed E-state index contributed by atoms with van der Waals surface area (Å²) >= 11 is 0. The number of allylic oxidation sites excluding steroid dienone is 4. The van der Waals surface area contributed by atoms with Crippen molar-refractivity contribution in [2.24, 2.45) is 0 Å². The molecule has 1 aliphatic rings. The highest BCUT2D eigenvalue weighted by atomic mass is 16.7. The number of ether oxygens (including phenoxy) is 2. The summed E-state index contributed by atoms with van der Waals surface area (Å²) in [4.78, 5) is 0. The van der Waals surface area contributed by atoms with Crippen LogP contribution in [0.1, 0.15) is 38.5 Å². The van der Waals surface area contributed by atoms with Crippen molar-refractivity contribution in [3.63, 3.8) is 0 Å². The Labute approximate surface area is 116 Å². The van der Waals surface area contributed by atoms with Crippen LogP contribution in [0.15, 0.2) is 36.5 Å². The molecule has 0 radical (unpaired) electrons. The van der Waals surface area contributed by atoms with Crippen LogP contribution in [-0.4, -0.2) is 31.2 Å². The van der Waals surface area contributed by atoms with E-state index in [9.17, 15) is 0 Å². The van der Waals surface area contributed by atoms with E-state index >= 15 is 0 Å². The van der Waals surface area contributed by atoms with E-state index in [0.717, 1.165) is 38.7 Å². The summed E-state index contributed by atoms with van der Waals surface area (Å²) in [5, 5.41) is 8.58. The summed E-state index contributed by atoms with van der Waals surface area (Å²) in [7, 11) is 0. The fourth-order valence-corrected chi connectivity index (χ4v) is 1.81. The Hall–Kier alpha value is -0.900. The van der Waals surface area contributed by atoms with E-state index in [1.807, 2.05) is 12.2 Å². The zero-order valence-electron chi connectivity index (χ0n) is 11.7. The maximum atomic E-state index is 8.58. The lowest BCUT2D eigenvalue weighted by molar-refractivity contribution is -0.155. The molecular formula is C16H26O3. The first-order chi connectivity index (χ1) is 9.43. The summed E-state index contributed by atoms with van der Waals surface area (Å²) in [6, 6.07) is 0. The minimum absolute atomic E-state index is 0.00519. The number of hydrogen-bond donors (Lipinski definition) is 1. The van der Waals surface area contributed by atoms with Gasteiger partial charge in [-0.05, 0) is 38.5 Å². The van der Waals surface area contributed by atoms with Crippen molar-refractivity contribution in [2.45, 2.75) is 44.8 Å². The van der Waals surface area contributed by atoms with Gasteiger partial charge in [0.1, 0.15) is 0 Å². The molecule has 1 saturated heterocycles. The van der Waals surface area contributed by atoms with Gasteiger partial charge in [-0.2, -0.15) is 0 Å². The molecule has 0 bridgehead atoms. The van der Waals surface area contributed by atoms with E-state index in [0.29, 0.717) is 6.61 Å². The third-order valence-electron chi connectivity index (χ3n) is 2.86. The van der Waals surface area contributed by atoms with Gasteiger partial charge >= 0.3 is 0 Å². The second-order valence-electron chi connectivity index (χ2n) is 4.53. The predicted octanol–water partition coefficient (Wildman–Crippen LogP) is 3.36. The van der Waals surface area contributed by atoms with E-state index in [4.69, 9.17) is 14.6 Å². The molecule has 19 heavy (non-hydrogen) atoms. The Bertz CT molecular complexity index is 276. The fourth-order valence-electron chi connectivity index (χ4n) is 1.81. The van der Waals surface area contributed by atoms with Crippen molar-refractivity contribution in [2.75, 3.05) is 19.8 Å². The number of hydrogen-bond acceptors (Lipinski definition) is 3. The SMILES string of the molecule is OCCC=CCC=CCC=CCOC1CCCCO1. The van der Waals surface area contributed by atoms with Crippen LogP contribution in [0.25, 0.3) is 0 Å². The van der Waals surface area contributed by atoms with Crippen LogP contribution in [0.3, 0.4) is 0 Å². The van der Waals surface area contributed by atoms with Gasteiger partial charge in [-0.1, -0.05) is 36.5 Å². The van der Waals surface area contributed by atoms with Crippen molar-refractivity contribution in [1.82, 2.24) is 0 Å².